The number of benzene rings is 1. The molecule has 1 N–H and O–H groups in total. The monoisotopic (exact) mass is 299 g/mol. The predicted octanol–water partition coefficient (Wildman–Crippen LogP) is 2.66. The van der Waals surface area contributed by atoms with E-state index in [0.717, 1.165) is 28.6 Å². The molecule has 0 radical (unpaired) electrons. The number of carbonyl (C=O) groups excluding carboxylic acids is 1. The summed E-state index contributed by atoms with van der Waals surface area (Å²) in [5.74, 6) is 1.24. The van der Waals surface area contributed by atoms with Crippen LogP contribution in [0.2, 0.25) is 5.02 Å². The van der Waals surface area contributed by atoms with Crippen LogP contribution in [0.3, 0.4) is 0 Å². The van der Waals surface area contributed by atoms with E-state index in [1.54, 1.807) is 11.8 Å². The number of rotatable bonds is 5. The second-order valence-electron chi connectivity index (χ2n) is 4.73. The number of carbonyl (C=O) groups is 1. The molecule has 1 aromatic carbocycles. The van der Waals surface area contributed by atoms with Crippen LogP contribution in [0, 0.1) is 5.92 Å². The minimum absolute atomic E-state index is 0.184. The van der Waals surface area contributed by atoms with Crippen molar-refractivity contribution in [1.82, 2.24) is 4.90 Å². The summed E-state index contributed by atoms with van der Waals surface area (Å²) in [6, 6.07) is 7.65. The van der Waals surface area contributed by atoms with E-state index in [9.17, 15) is 4.79 Å². The smallest absolute Gasteiger partial charge is 0.223 e. The second kappa shape index (κ2) is 7.17. The van der Waals surface area contributed by atoms with Gasteiger partial charge >= 0.3 is 0 Å². The highest BCUT2D eigenvalue weighted by Crippen LogP contribution is 2.22. The van der Waals surface area contributed by atoms with Gasteiger partial charge in [-0.3, -0.25) is 4.79 Å². The Morgan fingerprint density at radius 2 is 2.16 bits per heavy atom. The fraction of sp³-hybridized carbons (Fsp3) is 0.500. The molecule has 104 valence electrons. The van der Waals surface area contributed by atoms with E-state index in [1.165, 1.54) is 0 Å². The number of halogens is 1. The van der Waals surface area contributed by atoms with Crippen molar-refractivity contribution in [3.63, 3.8) is 0 Å². The first-order valence-electron chi connectivity index (χ1n) is 6.46. The molecule has 0 saturated carbocycles. The molecule has 1 amide bonds. The van der Waals surface area contributed by atoms with Gasteiger partial charge in [0.05, 0.1) is 0 Å². The maximum atomic E-state index is 12.0. The van der Waals surface area contributed by atoms with Gasteiger partial charge in [-0.2, -0.15) is 0 Å². The molecule has 2 rings (SSSR count). The van der Waals surface area contributed by atoms with Crippen LogP contribution in [-0.2, 0) is 4.79 Å². The summed E-state index contributed by atoms with van der Waals surface area (Å²) in [6.45, 7) is 1.68. The number of amides is 1. The lowest BCUT2D eigenvalue weighted by Gasteiger charge is -2.15. The zero-order valence-corrected chi connectivity index (χ0v) is 12.3. The zero-order valence-electron chi connectivity index (χ0n) is 10.7. The summed E-state index contributed by atoms with van der Waals surface area (Å²) >= 11 is 7.49. The molecule has 19 heavy (non-hydrogen) atoms. The van der Waals surface area contributed by atoms with Gasteiger partial charge in [0.1, 0.15) is 0 Å². The summed E-state index contributed by atoms with van der Waals surface area (Å²) in [5.41, 5.74) is 0. The molecule has 1 aliphatic rings. The summed E-state index contributed by atoms with van der Waals surface area (Å²) in [4.78, 5) is 15.0. The standard InChI is InChI=1S/C14H18ClNO2S/c15-12-1-3-13(4-2-12)19-8-6-14(18)16-7-5-11(9-16)10-17/h1-4,11,17H,5-10H2. The molecule has 0 spiro atoms. The fourth-order valence-corrected chi connectivity index (χ4v) is 3.12. The number of aliphatic hydroxyl groups excluding tert-OH is 1. The quantitative estimate of drug-likeness (QED) is 0.850. The molecule has 1 heterocycles. The van der Waals surface area contributed by atoms with Crippen molar-refractivity contribution < 1.29 is 9.90 Å². The average molecular weight is 300 g/mol. The van der Waals surface area contributed by atoms with Crippen LogP contribution in [0.15, 0.2) is 29.2 Å². The van der Waals surface area contributed by atoms with Crippen LogP contribution < -0.4 is 0 Å². The third kappa shape index (κ3) is 4.41. The summed E-state index contributed by atoms with van der Waals surface area (Å²) in [7, 11) is 0. The van der Waals surface area contributed by atoms with Crippen LogP contribution in [0.1, 0.15) is 12.8 Å². The molecule has 1 fully saturated rings. The summed E-state index contributed by atoms with van der Waals surface area (Å²) in [5, 5.41) is 9.79. The SMILES string of the molecule is O=C(CCSc1ccc(Cl)cc1)N1CCC(CO)C1. The number of hydrogen-bond acceptors (Lipinski definition) is 3. The van der Waals surface area contributed by atoms with Gasteiger partial charge < -0.3 is 10.0 Å². The molecule has 0 aliphatic carbocycles. The molecule has 5 heteroatoms. The Morgan fingerprint density at radius 3 is 2.79 bits per heavy atom. The highest BCUT2D eigenvalue weighted by atomic mass is 35.5. The van der Waals surface area contributed by atoms with Crippen LogP contribution in [0.4, 0.5) is 0 Å². The predicted molar refractivity (Wildman–Crippen MR) is 78.6 cm³/mol. The third-order valence-electron chi connectivity index (χ3n) is 3.30. The van der Waals surface area contributed by atoms with E-state index in [0.29, 0.717) is 13.0 Å². The molecule has 0 bridgehead atoms. The average Bonchev–Trinajstić information content (AvgIpc) is 2.90. The van der Waals surface area contributed by atoms with Gasteiger partial charge in [0, 0.05) is 47.7 Å². The lowest BCUT2D eigenvalue weighted by molar-refractivity contribution is -0.129. The number of likely N-dealkylation sites (tertiary alicyclic amines) is 1. The number of hydrogen-bond donors (Lipinski definition) is 1. The molecule has 1 atom stereocenters. The Morgan fingerprint density at radius 1 is 1.42 bits per heavy atom. The van der Waals surface area contributed by atoms with Crippen molar-refractivity contribution >= 4 is 29.3 Å². The van der Waals surface area contributed by atoms with Crippen molar-refractivity contribution in [3.8, 4) is 0 Å². The highest BCUT2D eigenvalue weighted by Gasteiger charge is 2.24. The van der Waals surface area contributed by atoms with Gasteiger partial charge in [-0.05, 0) is 30.7 Å². The Hall–Kier alpha value is -0.710. The fourth-order valence-electron chi connectivity index (χ4n) is 2.15. The van der Waals surface area contributed by atoms with E-state index in [1.807, 2.05) is 29.2 Å². The molecular formula is C14H18ClNO2S. The molecular weight excluding hydrogens is 282 g/mol. The van der Waals surface area contributed by atoms with E-state index < -0.39 is 0 Å². The van der Waals surface area contributed by atoms with Crippen molar-refractivity contribution in [3.05, 3.63) is 29.3 Å². The van der Waals surface area contributed by atoms with Crippen LogP contribution in [-0.4, -0.2) is 41.4 Å². The molecule has 1 aliphatic heterocycles. The molecule has 1 aromatic rings. The Labute approximate surface area is 122 Å². The Balaban J connectivity index is 1.71. The van der Waals surface area contributed by atoms with Crippen molar-refractivity contribution in [2.45, 2.75) is 17.7 Å². The van der Waals surface area contributed by atoms with E-state index >= 15 is 0 Å². The van der Waals surface area contributed by atoms with E-state index in [4.69, 9.17) is 16.7 Å². The van der Waals surface area contributed by atoms with Crippen LogP contribution in [0.25, 0.3) is 0 Å². The molecule has 3 nitrogen and oxygen atoms in total. The largest absolute Gasteiger partial charge is 0.396 e. The van der Waals surface area contributed by atoms with Crippen LogP contribution >= 0.6 is 23.4 Å². The topological polar surface area (TPSA) is 40.5 Å². The van der Waals surface area contributed by atoms with Gasteiger partial charge in [-0.15, -0.1) is 11.8 Å². The first kappa shape index (κ1) is 14.7. The lowest BCUT2D eigenvalue weighted by atomic mass is 10.1. The van der Waals surface area contributed by atoms with Crippen molar-refractivity contribution in [1.29, 1.82) is 0 Å². The zero-order chi connectivity index (χ0) is 13.7. The van der Waals surface area contributed by atoms with Gasteiger partial charge in [0.15, 0.2) is 0 Å². The normalized spacial score (nSPS) is 18.8. The van der Waals surface area contributed by atoms with E-state index in [-0.39, 0.29) is 18.4 Å². The highest BCUT2D eigenvalue weighted by molar-refractivity contribution is 7.99. The third-order valence-corrected chi connectivity index (χ3v) is 4.56. The van der Waals surface area contributed by atoms with Gasteiger partial charge in [0.2, 0.25) is 5.91 Å². The number of aliphatic hydroxyl groups is 1. The Kier molecular flexibility index (Phi) is 5.55. The van der Waals surface area contributed by atoms with E-state index in [2.05, 4.69) is 0 Å². The first-order chi connectivity index (χ1) is 9.19. The molecule has 0 aromatic heterocycles. The van der Waals surface area contributed by atoms with Gasteiger partial charge in [-0.25, -0.2) is 0 Å². The number of thioether (sulfide) groups is 1. The lowest BCUT2D eigenvalue weighted by Crippen LogP contribution is -2.29. The van der Waals surface area contributed by atoms with Gasteiger partial charge in [-0.1, -0.05) is 11.6 Å². The number of nitrogens with zero attached hydrogens (tertiary/aromatic N) is 1. The maximum Gasteiger partial charge on any atom is 0.223 e. The maximum absolute atomic E-state index is 12.0. The second-order valence-corrected chi connectivity index (χ2v) is 6.33. The summed E-state index contributed by atoms with van der Waals surface area (Å²) < 4.78 is 0. The van der Waals surface area contributed by atoms with Crippen molar-refractivity contribution in [2.24, 2.45) is 5.92 Å². The minimum atomic E-state index is 0.184. The first-order valence-corrected chi connectivity index (χ1v) is 7.82. The Bertz CT molecular complexity index is 424. The van der Waals surface area contributed by atoms with Crippen LogP contribution in [0.5, 0.6) is 0 Å². The minimum Gasteiger partial charge on any atom is -0.396 e. The molecule has 1 saturated heterocycles. The molecule has 1 unspecified atom stereocenters. The summed E-state index contributed by atoms with van der Waals surface area (Å²) in [6.07, 6.45) is 1.47. The van der Waals surface area contributed by atoms with Crippen molar-refractivity contribution in [2.75, 3.05) is 25.4 Å². The van der Waals surface area contributed by atoms with Gasteiger partial charge in [0.25, 0.3) is 0 Å².